The van der Waals surface area contributed by atoms with Gasteiger partial charge in [-0.3, -0.25) is 4.79 Å². The molecular weight excluding hydrogens is 304 g/mol. The van der Waals surface area contributed by atoms with E-state index in [4.69, 9.17) is 16.3 Å². The fourth-order valence-electron chi connectivity index (χ4n) is 1.97. The Labute approximate surface area is 133 Å². The van der Waals surface area contributed by atoms with Crippen molar-refractivity contribution in [3.05, 3.63) is 58.9 Å². The lowest BCUT2D eigenvalue weighted by molar-refractivity contribution is -0.124. The van der Waals surface area contributed by atoms with Crippen molar-refractivity contribution in [2.45, 2.75) is 6.42 Å². The highest BCUT2D eigenvalue weighted by Crippen LogP contribution is 2.10. The number of esters is 1. The van der Waals surface area contributed by atoms with Crippen LogP contribution in [0.4, 0.5) is 0 Å². The highest BCUT2D eigenvalue weighted by Gasteiger charge is 2.12. The van der Waals surface area contributed by atoms with Crippen molar-refractivity contribution < 1.29 is 14.3 Å². The van der Waals surface area contributed by atoms with Crippen molar-refractivity contribution >= 4 is 23.5 Å². The molecule has 0 atom stereocenters. The van der Waals surface area contributed by atoms with E-state index in [1.165, 1.54) is 0 Å². The van der Waals surface area contributed by atoms with Gasteiger partial charge in [-0.2, -0.15) is 0 Å². The first-order valence-corrected chi connectivity index (χ1v) is 7.23. The van der Waals surface area contributed by atoms with E-state index in [1.54, 1.807) is 36.0 Å². The fourth-order valence-corrected chi connectivity index (χ4v) is 2.18. The first kappa shape index (κ1) is 16.1. The zero-order valence-electron chi connectivity index (χ0n) is 12.2. The highest BCUT2D eigenvalue weighted by atomic mass is 35.5. The molecule has 0 radical (unpaired) electrons. The minimum absolute atomic E-state index is 0.292. The van der Waals surface area contributed by atoms with Crippen LogP contribution < -0.4 is 5.32 Å². The van der Waals surface area contributed by atoms with Crippen LogP contribution in [0.25, 0.3) is 0 Å². The van der Waals surface area contributed by atoms with Crippen LogP contribution in [0.15, 0.2) is 42.6 Å². The molecule has 0 saturated heterocycles. The Hall–Kier alpha value is -2.27. The Morgan fingerprint density at radius 3 is 2.77 bits per heavy atom. The summed E-state index contributed by atoms with van der Waals surface area (Å²) in [6, 6.07) is 10.8. The summed E-state index contributed by atoms with van der Waals surface area (Å²) >= 11 is 5.89. The molecule has 2 rings (SSSR count). The number of aryl methyl sites for hydroxylation is 1. The van der Waals surface area contributed by atoms with Crippen molar-refractivity contribution in [3.8, 4) is 0 Å². The van der Waals surface area contributed by atoms with E-state index >= 15 is 0 Å². The maximum atomic E-state index is 11.7. The number of aromatic nitrogens is 1. The van der Waals surface area contributed by atoms with Gasteiger partial charge in [-0.1, -0.05) is 23.7 Å². The lowest BCUT2D eigenvalue weighted by atomic mass is 10.1. The van der Waals surface area contributed by atoms with Crippen LogP contribution in [0, 0.1) is 0 Å². The number of hydrogen-bond acceptors (Lipinski definition) is 3. The normalized spacial score (nSPS) is 10.3. The van der Waals surface area contributed by atoms with Crippen molar-refractivity contribution in [2.75, 3.05) is 13.2 Å². The summed E-state index contributed by atoms with van der Waals surface area (Å²) in [6.45, 7) is 0.167. The Morgan fingerprint density at radius 1 is 1.27 bits per heavy atom. The van der Waals surface area contributed by atoms with Gasteiger partial charge in [0.15, 0.2) is 6.61 Å². The number of ether oxygens (including phenoxy) is 1. The molecule has 0 bridgehead atoms. The number of nitrogens with zero attached hydrogens (tertiary/aromatic N) is 1. The van der Waals surface area contributed by atoms with Gasteiger partial charge in [0.2, 0.25) is 0 Å². The Kier molecular flexibility index (Phi) is 5.61. The smallest absolute Gasteiger partial charge is 0.355 e. The van der Waals surface area contributed by atoms with Gasteiger partial charge in [-0.15, -0.1) is 0 Å². The molecule has 1 aromatic heterocycles. The van der Waals surface area contributed by atoms with Crippen molar-refractivity contribution in [1.82, 2.24) is 9.88 Å². The molecule has 1 heterocycles. The van der Waals surface area contributed by atoms with Crippen LogP contribution in [-0.4, -0.2) is 29.6 Å². The second-order valence-corrected chi connectivity index (χ2v) is 5.25. The Morgan fingerprint density at radius 2 is 2.09 bits per heavy atom. The number of hydrogen-bond donors (Lipinski definition) is 1. The molecule has 0 unspecified atom stereocenters. The van der Waals surface area contributed by atoms with Gasteiger partial charge in [0.25, 0.3) is 5.91 Å². The molecule has 1 amide bonds. The SMILES string of the molecule is Cn1cccc1C(=O)OCC(=O)NCCc1cccc(Cl)c1. The minimum atomic E-state index is -0.516. The van der Waals surface area contributed by atoms with Crippen molar-refractivity contribution in [2.24, 2.45) is 7.05 Å². The van der Waals surface area contributed by atoms with Gasteiger partial charge in [-0.05, 0) is 36.2 Å². The third-order valence-corrected chi connectivity index (χ3v) is 3.35. The summed E-state index contributed by atoms with van der Waals surface area (Å²) in [5.41, 5.74) is 1.44. The standard InChI is InChI=1S/C16H17ClN2O3/c1-19-9-3-6-14(19)16(21)22-11-15(20)18-8-7-12-4-2-5-13(17)10-12/h2-6,9-10H,7-8,11H2,1H3,(H,18,20). The van der Waals surface area contributed by atoms with E-state index in [9.17, 15) is 9.59 Å². The quantitative estimate of drug-likeness (QED) is 0.830. The summed E-state index contributed by atoms with van der Waals surface area (Å²) in [5, 5.41) is 3.37. The van der Waals surface area contributed by atoms with E-state index in [-0.39, 0.29) is 12.5 Å². The number of carbonyl (C=O) groups excluding carboxylic acids is 2. The molecule has 0 saturated carbocycles. The lowest BCUT2D eigenvalue weighted by Gasteiger charge is -2.07. The van der Waals surface area contributed by atoms with Crippen LogP contribution in [0.2, 0.25) is 5.02 Å². The molecule has 6 heteroatoms. The maximum absolute atomic E-state index is 11.7. The van der Waals surface area contributed by atoms with Gasteiger partial charge in [-0.25, -0.2) is 4.79 Å². The van der Waals surface area contributed by atoms with Crippen LogP contribution in [0.5, 0.6) is 0 Å². The summed E-state index contributed by atoms with van der Waals surface area (Å²) in [5.74, 6) is -0.845. The largest absolute Gasteiger partial charge is 0.451 e. The van der Waals surface area contributed by atoms with Gasteiger partial charge in [0, 0.05) is 24.8 Å². The number of benzene rings is 1. The van der Waals surface area contributed by atoms with Crippen LogP contribution in [-0.2, 0) is 23.0 Å². The summed E-state index contributed by atoms with van der Waals surface area (Å²) in [6.07, 6.45) is 2.40. The number of rotatable bonds is 6. The predicted octanol–water partition coefficient (Wildman–Crippen LogP) is 2.19. The first-order valence-electron chi connectivity index (χ1n) is 6.86. The third kappa shape index (κ3) is 4.63. The zero-order valence-corrected chi connectivity index (χ0v) is 13.0. The molecule has 22 heavy (non-hydrogen) atoms. The van der Waals surface area contributed by atoms with E-state index in [0.717, 1.165) is 5.56 Å². The van der Waals surface area contributed by atoms with Gasteiger partial charge in [0.05, 0.1) is 0 Å². The lowest BCUT2D eigenvalue weighted by Crippen LogP contribution is -2.30. The van der Waals surface area contributed by atoms with E-state index in [1.807, 2.05) is 18.2 Å². The average Bonchev–Trinajstić information content (AvgIpc) is 2.91. The van der Waals surface area contributed by atoms with E-state index in [2.05, 4.69) is 5.32 Å². The van der Waals surface area contributed by atoms with Crippen molar-refractivity contribution in [1.29, 1.82) is 0 Å². The molecule has 0 fully saturated rings. The predicted molar refractivity (Wildman–Crippen MR) is 83.9 cm³/mol. The molecule has 0 spiro atoms. The summed E-state index contributed by atoms with van der Waals surface area (Å²) in [4.78, 5) is 23.4. The van der Waals surface area contributed by atoms with E-state index in [0.29, 0.717) is 23.7 Å². The number of nitrogens with one attached hydrogen (secondary N) is 1. The van der Waals surface area contributed by atoms with Gasteiger partial charge in [0.1, 0.15) is 5.69 Å². The maximum Gasteiger partial charge on any atom is 0.355 e. The van der Waals surface area contributed by atoms with Crippen LogP contribution in [0.1, 0.15) is 16.1 Å². The van der Waals surface area contributed by atoms with Gasteiger partial charge >= 0.3 is 5.97 Å². The zero-order chi connectivity index (χ0) is 15.9. The van der Waals surface area contributed by atoms with Crippen molar-refractivity contribution in [3.63, 3.8) is 0 Å². The molecule has 1 aromatic carbocycles. The molecule has 2 aromatic rings. The van der Waals surface area contributed by atoms with E-state index < -0.39 is 5.97 Å². The molecule has 1 N–H and O–H groups in total. The van der Waals surface area contributed by atoms with Crippen LogP contribution in [0.3, 0.4) is 0 Å². The average molecular weight is 321 g/mol. The Balaban J connectivity index is 1.70. The van der Waals surface area contributed by atoms with Crippen LogP contribution >= 0.6 is 11.6 Å². The molecule has 0 aliphatic heterocycles. The molecule has 5 nitrogen and oxygen atoms in total. The minimum Gasteiger partial charge on any atom is -0.451 e. The second-order valence-electron chi connectivity index (χ2n) is 4.81. The number of carbonyl (C=O) groups is 2. The molecule has 0 aliphatic rings. The topological polar surface area (TPSA) is 60.3 Å². The highest BCUT2D eigenvalue weighted by molar-refractivity contribution is 6.30. The molecule has 0 aliphatic carbocycles. The van der Waals surface area contributed by atoms with Gasteiger partial charge < -0.3 is 14.6 Å². The number of amides is 1. The molecular formula is C16H17ClN2O3. The second kappa shape index (κ2) is 7.66. The molecule has 116 valence electrons. The fraction of sp³-hybridized carbons (Fsp3) is 0.250. The summed E-state index contributed by atoms with van der Waals surface area (Å²) < 4.78 is 6.60. The monoisotopic (exact) mass is 320 g/mol. The number of halogens is 1. The Bertz CT molecular complexity index is 667. The first-order chi connectivity index (χ1) is 10.6. The summed E-state index contributed by atoms with van der Waals surface area (Å²) in [7, 11) is 1.74. The third-order valence-electron chi connectivity index (χ3n) is 3.11.